The van der Waals surface area contributed by atoms with Gasteiger partial charge < -0.3 is 4.74 Å². The van der Waals surface area contributed by atoms with E-state index in [2.05, 4.69) is 9.82 Å². The summed E-state index contributed by atoms with van der Waals surface area (Å²) in [6, 6.07) is 12.5. The van der Waals surface area contributed by atoms with Gasteiger partial charge in [0.25, 0.3) is 15.9 Å². The largest absolute Gasteiger partial charge is 0.455 e. The van der Waals surface area contributed by atoms with Crippen LogP contribution in [0.3, 0.4) is 0 Å². The minimum atomic E-state index is -3.75. The number of carbonyl (C=O) groups excluding carboxylic acids is 2. The summed E-state index contributed by atoms with van der Waals surface area (Å²) in [5.74, 6) is -1.30. The van der Waals surface area contributed by atoms with E-state index in [9.17, 15) is 18.0 Å². The van der Waals surface area contributed by atoms with E-state index >= 15 is 0 Å². The molecule has 2 aromatic rings. The van der Waals surface area contributed by atoms with Gasteiger partial charge in [0.05, 0.1) is 12.3 Å². The fraction of sp³-hybridized carbons (Fsp3) is 0.235. The maximum Gasteiger partial charge on any atom is 0.321 e. The molecule has 0 unspecified atom stereocenters. The smallest absolute Gasteiger partial charge is 0.321 e. The van der Waals surface area contributed by atoms with Crippen LogP contribution in [0.25, 0.3) is 0 Å². The molecule has 0 aliphatic carbocycles. The lowest BCUT2D eigenvalue weighted by molar-refractivity contribution is -0.150. The fourth-order valence-corrected chi connectivity index (χ4v) is 4.39. The first kappa shape index (κ1) is 19.2. The van der Waals surface area contributed by atoms with E-state index < -0.39 is 35.1 Å². The molecule has 1 aliphatic heterocycles. The van der Waals surface area contributed by atoms with Crippen LogP contribution in [0.4, 0.5) is 0 Å². The monoisotopic (exact) mass is 407 g/mol. The highest BCUT2D eigenvalue weighted by Gasteiger charge is 2.23. The molecule has 0 bridgehead atoms. The minimum absolute atomic E-state index is 0.103. The zero-order valence-corrected chi connectivity index (χ0v) is 15.8. The van der Waals surface area contributed by atoms with Crippen LogP contribution in [0.2, 0.25) is 0 Å². The average molecular weight is 407 g/mol. The molecular weight excluding hydrogens is 390 g/mol. The summed E-state index contributed by atoms with van der Waals surface area (Å²) in [7, 11) is -3.75. The van der Waals surface area contributed by atoms with Crippen molar-refractivity contribution < 1.29 is 22.7 Å². The number of ether oxygens (including phenoxy) is 1. The molecule has 1 N–H and O–H groups in total. The van der Waals surface area contributed by atoms with Crippen LogP contribution in [0.1, 0.15) is 12.0 Å². The van der Waals surface area contributed by atoms with Crippen LogP contribution in [0.15, 0.2) is 57.2 Å². The molecule has 142 valence electrons. The fourth-order valence-electron chi connectivity index (χ4n) is 2.38. The number of benzene rings is 1. The van der Waals surface area contributed by atoms with Gasteiger partial charge >= 0.3 is 5.97 Å². The Morgan fingerprint density at radius 1 is 1.19 bits per heavy atom. The Balaban J connectivity index is 1.47. The van der Waals surface area contributed by atoms with Crippen molar-refractivity contribution in [3.8, 4) is 0 Å². The van der Waals surface area contributed by atoms with Crippen molar-refractivity contribution in [2.45, 2.75) is 10.6 Å². The van der Waals surface area contributed by atoms with Crippen molar-refractivity contribution in [2.75, 3.05) is 19.7 Å². The number of hydrogen-bond acceptors (Lipinski definition) is 7. The molecule has 1 aromatic carbocycles. The van der Waals surface area contributed by atoms with Gasteiger partial charge in [0, 0.05) is 6.42 Å². The molecule has 0 saturated heterocycles. The molecule has 1 aliphatic rings. The Morgan fingerprint density at radius 3 is 2.67 bits per heavy atom. The van der Waals surface area contributed by atoms with E-state index in [1.165, 1.54) is 11.1 Å². The van der Waals surface area contributed by atoms with Gasteiger partial charge in [-0.25, -0.2) is 13.4 Å². The summed E-state index contributed by atoms with van der Waals surface area (Å²) < 4.78 is 30.9. The number of rotatable bonds is 7. The predicted octanol–water partition coefficient (Wildman–Crippen LogP) is 1.21. The van der Waals surface area contributed by atoms with Gasteiger partial charge in [-0.15, -0.1) is 11.3 Å². The van der Waals surface area contributed by atoms with Crippen LogP contribution >= 0.6 is 11.3 Å². The minimum Gasteiger partial charge on any atom is -0.455 e. The molecule has 2 heterocycles. The molecule has 10 heteroatoms. The van der Waals surface area contributed by atoms with Crippen molar-refractivity contribution in [1.29, 1.82) is 0 Å². The van der Waals surface area contributed by atoms with Crippen LogP contribution in [-0.2, 0) is 24.3 Å². The van der Waals surface area contributed by atoms with Crippen molar-refractivity contribution in [3.63, 3.8) is 0 Å². The summed E-state index contributed by atoms with van der Waals surface area (Å²) in [5.41, 5.74) is 1.73. The number of sulfonamides is 1. The second kappa shape index (κ2) is 8.42. The highest BCUT2D eigenvalue weighted by molar-refractivity contribution is 7.91. The Hall–Kier alpha value is -2.56. The third kappa shape index (κ3) is 5.00. The molecule has 0 spiro atoms. The van der Waals surface area contributed by atoms with E-state index in [0.29, 0.717) is 13.0 Å². The second-order valence-corrected chi connectivity index (χ2v) is 8.54. The number of thiophene rings is 1. The Morgan fingerprint density at radius 2 is 1.96 bits per heavy atom. The normalized spacial score (nSPS) is 14.1. The summed E-state index contributed by atoms with van der Waals surface area (Å²) in [6.45, 7) is -0.636. The van der Waals surface area contributed by atoms with Crippen molar-refractivity contribution >= 4 is 38.9 Å². The van der Waals surface area contributed by atoms with E-state index in [1.807, 2.05) is 30.3 Å². The lowest BCUT2D eigenvalue weighted by atomic mass is 10.1. The maximum atomic E-state index is 12.1. The summed E-state index contributed by atoms with van der Waals surface area (Å²) in [6.07, 6.45) is 0.615. The first-order valence-electron chi connectivity index (χ1n) is 8.08. The number of hydrogen-bond donors (Lipinski definition) is 1. The molecule has 0 radical (unpaired) electrons. The van der Waals surface area contributed by atoms with Crippen molar-refractivity contribution in [2.24, 2.45) is 5.10 Å². The molecule has 3 rings (SSSR count). The molecule has 1 aromatic heterocycles. The summed E-state index contributed by atoms with van der Waals surface area (Å²) in [4.78, 5) is 23.8. The van der Waals surface area contributed by atoms with Crippen LogP contribution in [0, 0.1) is 0 Å². The topological polar surface area (TPSA) is 105 Å². The van der Waals surface area contributed by atoms with Crippen LogP contribution < -0.4 is 4.72 Å². The maximum absolute atomic E-state index is 12.1. The van der Waals surface area contributed by atoms with Gasteiger partial charge in [0.2, 0.25) is 0 Å². The molecule has 27 heavy (non-hydrogen) atoms. The molecule has 0 saturated carbocycles. The Kier molecular flexibility index (Phi) is 5.99. The van der Waals surface area contributed by atoms with E-state index in [1.54, 1.807) is 11.4 Å². The van der Waals surface area contributed by atoms with Gasteiger partial charge in [0.15, 0.2) is 6.61 Å². The predicted molar refractivity (Wildman–Crippen MR) is 99.8 cm³/mol. The lowest BCUT2D eigenvalue weighted by Gasteiger charge is -2.11. The number of hydrazone groups is 1. The zero-order chi connectivity index (χ0) is 19.3. The number of nitrogens with one attached hydrogen (secondary N) is 1. The third-order valence-electron chi connectivity index (χ3n) is 3.72. The molecule has 0 atom stereocenters. The highest BCUT2D eigenvalue weighted by atomic mass is 32.2. The van der Waals surface area contributed by atoms with Gasteiger partial charge in [-0.3, -0.25) is 9.59 Å². The highest BCUT2D eigenvalue weighted by Crippen LogP contribution is 2.15. The number of esters is 1. The van der Waals surface area contributed by atoms with E-state index in [4.69, 9.17) is 4.74 Å². The Bertz CT molecular complexity index is 940. The van der Waals surface area contributed by atoms with Gasteiger partial charge in [-0.1, -0.05) is 36.4 Å². The lowest BCUT2D eigenvalue weighted by Crippen LogP contribution is -2.33. The second-order valence-electron chi connectivity index (χ2n) is 5.60. The van der Waals surface area contributed by atoms with Crippen molar-refractivity contribution in [1.82, 2.24) is 9.73 Å². The standard InChI is InChI=1S/C17H17N3O5S2/c21-15(20-9-8-14(19-20)13-5-2-1-3-6-13)12-25-16(22)11-18-27(23,24)17-7-4-10-26-17/h1-7,10,18H,8-9,11-12H2. The summed E-state index contributed by atoms with van der Waals surface area (Å²) >= 11 is 1.04. The van der Waals surface area contributed by atoms with E-state index in [-0.39, 0.29) is 4.21 Å². The summed E-state index contributed by atoms with van der Waals surface area (Å²) in [5, 5.41) is 7.13. The molecular formula is C17H17N3O5S2. The van der Waals surface area contributed by atoms with Crippen LogP contribution in [0.5, 0.6) is 0 Å². The van der Waals surface area contributed by atoms with Gasteiger partial charge in [0.1, 0.15) is 10.8 Å². The van der Waals surface area contributed by atoms with Crippen molar-refractivity contribution in [3.05, 3.63) is 53.4 Å². The van der Waals surface area contributed by atoms with Gasteiger partial charge in [-0.05, 0) is 17.0 Å². The van der Waals surface area contributed by atoms with Gasteiger partial charge in [-0.2, -0.15) is 9.82 Å². The number of nitrogens with zero attached hydrogens (tertiary/aromatic N) is 2. The van der Waals surface area contributed by atoms with E-state index in [0.717, 1.165) is 22.6 Å². The molecule has 0 fully saturated rings. The SMILES string of the molecule is O=C(CNS(=O)(=O)c1cccs1)OCC(=O)N1CCC(c2ccccc2)=N1. The average Bonchev–Trinajstić information content (AvgIpc) is 3.37. The third-order valence-corrected chi connectivity index (χ3v) is 6.52. The zero-order valence-electron chi connectivity index (χ0n) is 14.2. The van der Waals surface area contributed by atoms with Crippen LogP contribution in [-0.4, -0.2) is 50.7 Å². The number of amides is 1. The Labute approximate surface area is 160 Å². The first-order chi connectivity index (χ1) is 13.0. The number of carbonyl (C=O) groups is 2. The molecule has 1 amide bonds. The quantitative estimate of drug-likeness (QED) is 0.695. The molecule has 8 nitrogen and oxygen atoms in total. The first-order valence-corrected chi connectivity index (χ1v) is 10.4.